The fourth-order valence-corrected chi connectivity index (χ4v) is 3.02. The van der Waals surface area contributed by atoms with Gasteiger partial charge in [-0.05, 0) is 43.2 Å². The Morgan fingerprint density at radius 1 is 1.11 bits per heavy atom. The molecule has 0 bridgehead atoms. The summed E-state index contributed by atoms with van der Waals surface area (Å²) in [5, 5.41) is 2.97. The third-order valence-corrected chi connectivity index (χ3v) is 4.36. The number of hydrogen-bond acceptors (Lipinski definition) is 5. The molecule has 7 heteroatoms. The Morgan fingerprint density at radius 3 is 2.56 bits per heavy atom. The molecule has 0 spiro atoms. The maximum absolute atomic E-state index is 12.7. The van der Waals surface area contributed by atoms with Crippen LogP contribution in [0.25, 0.3) is 0 Å². The van der Waals surface area contributed by atoms with Crippen LogP contribution in [-0.2, 0) is 4.79 Å². The summed E-state index contributed by atoms with van der Waals surface area (Å²) in [7, 11) is 0. The smallest absolute Gasteiger partial charge is 0.308 e. The van der Waals surface area contributed by atoms with Gasteiger partial charge in [0.15, 0.2) is 0 Å². The molecule has 7 nitrogen and oxygen atoms in total. The molecule has 0 radical (unpaired) electrons. The van der Waals surface area contributed by atoms with E-state index in [1.165, 1.54) is 6.92 Å². The Hall–Kier alpha value is -3.22. The van der Waals surface area contributed by atoms with E-state index in [1.807, 2.05) is 0 Å². The molecule has 0 aliphatic carbocycles. The number of nitrogens with one attached hydrogen (secondary N) is 1. The van der Waals surface area contributed by atoms with Crippen molar-refractivity contribution in [3.63, 3.8) is 0 Å². The Balaban J connectivity index is 1.55. The molecule has 1 fully saturated rings. The molecular weight excluding hydrogens is 346 g/mol. The summed E-state index contributed by atoms with van der Waals surface area (Å²) in [6.07, 6.45) is 2.93. The van der Waals surface area contributed by atoms with Crippen molar-refractivity contribution in [1.82, 2.24) is 15.2 Å². The van der Waals surface area contributed by atoms with Crippen LogP contribution in [0.4, 0.5) is 0 Å². The highest BCUT2D eigenvalue weighted by molar-refractivity contribution is 5.95. The molecule has 1 aliphatic rings. The number of aromatic nitrogens is 1. The first kappa shape index (κ1) is 18.6. The lowest BCUT2D eigenvalue weighted by Gasteiger charge is -2.32. The van der Waals surface area contributed by atoms with Gasteiger partial charge in [0.1, 0.15) is 11.4 Å². The maximum Gasteiger partial charge on any atom is 0.308 e. The normalized spacial score (nSPS) is 14.5. The third-order valence-electron chi connectivity index (χ3n) is 4.36. The van der Waals surface area contributed by atoms with Crippen molar-refractivity contribution < 1.29 is 19.1 Å². The van der Waals surface area contributed by atoms with E-state index in [2.05, 4.69) is 10.3 Å². The van der Waals surface area contributed by atoms with Crippen molar-refractivity contribution >= 4 is 17.8 Å². The van der Waals surface area contributed by atoms with Gasteiger partial charge in [0, 0.05) is 37.8 Å². The quantitative estimate of drug-likeness (QED) is 0.660. The van der Waals surface area contributed by atoms with E-state index in [-0.39, 0.29) is 17.9 Å². The highest BCUT2D eigenvalue weighted by Crippen LogP contribution is 2.18. The molecule has 27 heavy (non-hydrogen) atoms. The summed E-state index contributed by atoms with van der Waals surface area (Å²) >= 11 is 0. The van der Waals surface area contributed by atoms with Crippen molar-refractivity contribution in [3.05, 3.63) is 59.9 Å². The molecule has 2 aromatic rings. The minimum Gasteiger partial charge on any atom is -0.427 e. The number of piperidine rings is 1. The molecule has 1 aliphatic heterocycles. The van der Waals surface area contributed by atoms with Gasteiger partial charge in [0.25, 0.3) is 11.8 Å². The lowest BCUT2D eigenvalue weighted by molar-refractivity contribution is -0.131. The van der Waals surface area contributed by atoms with Crippen LogP contribution in [0.3, 0.4) is 0 Å². The summed E-state index contributed by atoms with van der Waals surface area (Å²) in [5.74, 6) is -0.386. The average Bonchev–Trinajstić information content (AvgIpc) is 2.68. The monoisotopic (exact) mass is 367 g/mol. The molecule has 0 saturated carbocycles. The van der Waals surface area contributed by atoms with Gasteiger partial charge < -0.3 is 15.0 Å². The second-order valence-corrected chi connectivity index (χ2v) is 6.38. The number of pyridine rings is 1. The zero-order valence-electron chi connectivity index (χ0n) is 15.1. The van der Waals surface area contributed by atoms with Crippen molar-refractivity contribution in [2.45, 2.75) is 25.8 Å². The van der Waals surface area contributed by atoms with Crippen LogP contribution in [0.1, 0.15) is 40.6 Å². The van der Waals surface area contributed by atoms with Gasteiger partial charge in [-0.1, -0.05) is 12.1 Å². The summed E-state index contributed by atoms with van der Waals surface area (Å²) in [6.45, 7) is 2.41. The van der Waals surface area contributed by atoms with E-state index in [0.29, 0.717) is 42.9 Å². The number of amides is 2. The number of carbonyl (C=O) groups is 3. The summed E-state index contributed by atoms with van der Waals surface area (Å²) in [6, 6.07) is 11.8. The van der Waals surface area contributed by atoms with Crippen LogP contribution < -0.4 is 10.1 Å². The topological polar surface area (TPSA) is 88.6 Å². The first-order chi connectivity index (χ1) is 13.0. The molecule has 140 valence electrons. The van der Waals surface area contributed by atoms with Gasteiger partial charge in [-0.2, -0.15) is 0 Å². The fraction of sp³-hybridized carbons (Fsp3) is 0.300. The van der Waals surface area contributed by atoms with Crippen LogP contribution in [0.15, 0.2) is 48.7 Å². The van der Waals surface area contributed by atoms with Gasteiger partial charge >= 0.3 is 5.97 Å². The van der Waals surface area contributed by atoms with Gasteiger partial charge in [0.05, 0.1) is 0 Å². The van der Waals surface area contributed by atoms with Gasteiger partial charge in [0.2, 0.25) is 0 Å². The second-order valence-electron chi connectivity index (χ2n) is 6.38. The van der Waals surface area contributed by atoms with E-state index < -0.39 is 5.97 Å². The minimum atomic E-state index is -0.427. The van der Waals surface area contributed by atoms with E-state index in [0.717, 1.165) is 0 Å². The molecule has 3 rings (SSSR count). The van der Waals surface area contributed by atoms with Crippen LogP contribution in [-0.4, -0.2) is 46.8 Å². The molecule has 1 saturated heterocycles. The van der Waals surface area contributed by atoms with Gasteiger partial charge in [-0.3, -0.25) is 19.4 Å². The number of carbonyl (C=O) groups excluding carboxylic acids is 3. The molecular formula is C20H21N3O4. The molecule has 1 aromatic carbocycles. The standard InChI is InChI=1S/C20H21N3O4/c1-14(24)27-17-6-4-5-15(13-17)20(26)23-11-8-16(9-12-23)22-19(25)18-7-2-3-10-21-18/h2-7,10,13,16H,8-9,11-12H2,1H3,(H,22,25). The first-order valence-corrected chi connectivity index (χ1v) is 8.82. The van der Waals surface area contributed by atoms with Crippen molar-refractivity contribution in [1.29, 1.82) is 0 Å². The zero-order valence-corrected chi connectivity index (χ0v) is 15.1. The predicted octanol–water partition coefficient (Wildman–Crippen LogP) is 2.04. The minimum absolute atomic E-state index is 0.0101. The number of nitrogens with zero attached hydrogens (tertiary/aromatic N) is 2. The summed E-state index contributed by atoms with van der Waals surface area (Å²) < 4.78 is 5.03. The maximum atomic E-state index is 12.7. The lowest BCUT2D eigenvalue weighted by atomic mass is 10.0. The van der Waals surface area contributed by atoms with Crippen LogP contribution in [0.5, 0.6) is 5.75 Å². The van der Waals surface area contributed by atoms with E-state index >= 15 is 0 Å². The molecule has 0 unspecified atom stereocenters. The Labute approximate surface area is 157 Å². The van der Waals surface area contributed by atoms with Crippen molar-refractivity contribution in [2.75, 3.05) is 13.1 Å². The lowest BCUT2D eigenvalue weighted by Crippen LogP contribution is -2.46. The van der Waals surface area contributed by atoms with Crippen LogP contribution >= 0.6 is 0 Å². The number of ether oxygens (including phenoxy) is 1. The van der Waals surface area contributed by atoms with Crippen LogP contribution in [0, 0.1) is 0 Å². The first-order valence-electron chi connectivity index (χ1n) is 8.82. The number of hydrogen-bond donors (Lipinski definition) is 1. The summed E-state index contributed by atoms with van der Waals surface area (Å²) in [5.41, 5.74) is 0.864. The zero-order chi connectivity index (χ0) is 19.2. The summed E-state index contributed by atoms with van der Waals surface area (Å²) in [4.78, 5) is 41.7. The van der Waals surface area contributed by atoms with Gasteiger partial charge in [-0.15, -0.1) is 0 Å². The molecule has 1 aromatic heterocycles. The van der Waals surface area contributed by atoms with Crippen LogP contribution in [0.2, 0.25) is 0 Å². The highest BCUT2D eigenvalue weighted by Gasteiger charge is 2.25. The highest BCUT2D eigenvalue weighted by atomic mass is 16.5. The third kappa shape index (κ3) is 4.91. The van der Waals surface area contributed by atoms with E-state index in [1.54, 1.807) is 53.6 Å². The Bertz CT molecular complexity index is 830. The SMILES string of the molecule is CC(=O)Oc1cccc(C(=O)N2CCC(NC(=O)c3ccccn3)CC2)c1. The Kier molecular flexibility index (Phi) is 5.80. The number of likely N-dealkylation sites (tertiary alicyclic amines) is 1. The van der Waals surface area contributed by atoms with E-state index in [9.17, 15) is 14.4 Å². The number of rotatable bonds is 4. The molecule has 2 heterocycles. The molecule has 1 N–H and O–H groups in total. The largest absolute Gasteiger partial charge is 0.427 e. The molecule has 0 atom stereocenters. The number of esters is 1. The average molecular weight is 367 g/mol. The van der Waals surface area contributed by atoms with Crippen molar-refractivity contribution in [2.24, 2.45) is 0 Å². The van der Waals surface area contributed by atoms with E-state index in [4.69, 9.17) is 4.74 Å². The fourth-order valence-electron chi connectivity index (χ4n) is 3.02. The molecule has 2 amide bonds. The second kappa shape index (κ2) is 8.44. The predicted molar refractivity (Wildman–Crippen MR) is 98.4 cm³/mol. The Morgan fingerprint density at radius 2 is 1.89 bits per heavy atom. The number of benzene rings is 1. The van der Waals surface area contributed by atoms with Gasteiger partial charge in [-0.25, -0.2) is 0 Å². The van der Waals surface area contributed by atoms with Crippen molar-refractivity contribution in [3.8, 4) is 5.75 Å².